The van der Waals surface area contributed by atoms with E-state index in [1.807, 2.05) is 23.3 Å². The summed E-state index contributed by atoms with van der Waals surface area (Å²) in [5, 5.41) is 12.0. The third-order valence-electron chi connectivity index (χ3n) is 5.77. The first-order valence-corrected chi connectivity index (χ1v) is 11.4. The van der Waals surface area contributed by atoms with Crippen molar-refractivity contribution in [2.24, 2.45) is 0 Å². The number of fused-ring (bicyclic) bond motifs is 1. The number of imidazole rings is 1. The minimum Gasteiger partial charge on any atom is -0.353 e. The fourth-order valence-corrected chi connectivity index (χ4v) is 5.27. The number of nitrogens with zero attached hydrogens (tertiary/aromatic N) is 4. The monoisotopic (exact) mass is 432 g/mol. The predicted octanol–water partition coefficient (Wildman–Crippen LogP) is 4.43. The molecule has 2 aromatic carbocycles. The summed E-state index contributed by atoms with van der Waals surface area (Å²) in [5.41, 5.74) is 6.37. The Kier molecular flexibility index (Phi) is 5.46. The molecule has 0 radical (unpaired) electrons. The molecule has 158 valence electrons. The second-order valence-corrected chi connectivity index (χ2v) is 9.09. The number of aromatic amines is 1. The number of rotatable bonds is 6. The summed E-state index contributed by atoms with van der Waals surface area (Å²) in [6.45, 7) is 1.89. The summed E-state index contributed by atoms with van der Waals surface area (Å²) in [7, 11) is 0. The molecule has 1 saturated carbocycles. The highest BCUT2D eigenvalue weighted by molar-refractivity contribution is 7.98. The van der Waals surface area contributed by atoms with Gasteiger partial charge in [0.1, 0.15) is 5.69 Å². The molecule has 8 heteroatoms. The molecule has 0 aliphatic heterocycles. The zero-order chi connectivity index (χ0) is 21.2. The second kappa shape index (κ2) is 8.55. The van der Waals surface area contributed by atoms with Gasteiger partial charge in [0.15, 0.2) is 0 Å². The van der Waals surface area contributed by atoms with Crippen LogP contribution in [0.5, 0.6) is 0 Å². The Morgan fingerprint density at radius 1 is 1.16 bits per heavy atom. The fraction of sp³-hybridized carbons (Fsp3) is 0.304. The van der Waals surface area contributed by atoms with Gasteiger partial charge in [0.05, 0.1) is 23.6 Å². The van der Waals surface area contributed by atoms with Gasteiger partial charge in [0, 0.05) is 23.3 Å². The van der Waals surface area contributed by atoms with Gasteiger partial charge < -0.3 is 10.3 Å². The number of amides is 1. The number of benzene rings is 2. The van der Waals surface area contributed by atoms with Crippen LogP contribution < -0.4 is 5.32 Å². The van der Waals surface area contributed by atoms with Crippen LogP contribution in [0.3, 0.4) is 0 Å². The average molecular weight is 433 g/mol. The highest BCUT2D eigenvalue weighted by atomic mass is 32.2. The lowest BCUT2D eigenvalue weighted by Crippen LogP contribution is -2.32. The molecule has 0 spiro atoms. The summed E-state index contributed by atoms with van der Waals surface area (Å²) in [4.78, 5) is 19.1. The van der Waals surface area contributed by atoms with Crippen LogP contribution in [0.4, 0.5) is 0 Å². The lowest BCUT2D eigenvalue weighted by molar-refractivity contribution is -0.121. The Labute approximate surface area is 184 Å². The van der Waals surface area contributed by atoms with E-state index in [-0.39, 0.29) is 11.9 Å². The highest BCUT2D eigenvalue weighted by Gasteiger charge is 2.27. The smallest absolute Gasteiger partial charge is 0.219 e. The molecule has 2 N–H and O–H groups in total. The zero-order valence-corrected chi connectivity index (χ0v) is 18.1. The van der Waals surface area contributed by atoms with E-state index in [0.717, 1.165) is 52.7 Å². The van der Waals surface area contributed by atoms with E-state index in [1.54, 1.807) is 18.3 Å². The van der Waals surface area contributed by atoms with E-state index in [4.69, 9.17) is 0 Å². The maximum atomic E-state index is 11.7. The van der Waals surface area contributed by atoms with Crippen molar-refractivity contribution in [3.8, 4) is 22.4 Å². The Morgan fingerprint density at radius 3 is 2.81 bits per heavy atom. The molecule has 0 saturated heterocycles. The Morgan fingerprint density at radius 2 is 1.97 bits per heavy atom. The molecular weight excluding hydrogens is 408 g/mol. The van der Waals surface area contributed by atoms with Crippen molar-refractivity contribution in [1.82, 2.24) is 29.7 Å². The normalized spacial score (nSPS) is 18.5. The average Bonchev–Trinajstić information content (AvgIpc) is 3.55. The second-order valence-electron chi connectivity index (χ2n) is 7.86. The maximum Gasteiger partial charge on any atom is 0.219 e. The third-order valence-corrected chi connectivity index (χ3v) is 6.97. The van der Waals surface area contributed by atoms with Crippen molar-refractivity contribution in [2.75, 3.05) is 0 Å². The number of hydrogen-bond acceptors (Lipinski definition) is 5. The molecule has 31 heavy (non-hydrogen) atoms. The molecule has 7 nitrogen and oxygen atoms in total. The zero-order valence-electron chi connectivity index (χ0n) is 17.3. The van der Waals surface area contributed by atoms with Crippen LogP contribution in [-0.4, -0.2) is 41.6 Å². The number of hydrogen-bond donors (Lipinski definition) is 2. The summed E-state index contributed by atoms with van der Waals surface area (Å²) in [6, 6.07) is 15.0. The number of aromatic nitrogens is 5. The minimum atomic E-state index is 0.129. The van der Waals surface area contributed by atoms with Crippen LogP contribution in [0, 0.1) is 0 Å². The molecule has 1 fully saturated rings. The first-order valence-electron chi connectivity index (χ1n) is 10.6. The van der Waals surface area contributed by atoms with Crippen LogP contribution in [-0.2, 0) is 4.79 Å². The van der Waals surface area contributed by atoms with Crippen LogP contribution in [0.2, 0.25) is 0 Å². The molecule has 1 amide bonds. The van der Waals surface area contributed by atoms with Gasteiger partial charge in [-0.1, -0.05) is 42.5 Å². The minimum absolute atomic E-state index is 0.129. The Hall–Kier alpha value is -3.13. The van der Waals surface area contributed by atoms with Gasteiger partial charge >= 0.3 is 0 Å². The topological polar surface area (TPSA) is 88.5 Å². The first-order chi connectivity index (χ1) is 15.2. The molecule has 5 rings (SSSR count). The fourth-order valence-electron chi connectivity index (χ4n) is 4.07. The quantitative estimate of drug-likeness (QED) is 0.470. The molecular formula is C23H24N6OS. The first kappa shape index (κ1) is 19.8. The van der Waals surface area contributed by atoms with Gasteiger partial charge in [0.25, 0.3) is 0 Å². The van der Waals surface area contributed by atoms with Crippen LogP contribution in [0.25, 0.3) is 33.4 Å². The predicted molar refractivity (Wildman–Crippen MR) is 123 cm³/mol. The van der Waals surface area contributed by atoms with Crippen molar-refractivity contribution in [1.29, 1.82) is 0 Å². The van der Waals surface area contributed by atoms with Crippen molar-refractivity contribution >= 4 is 28.9 Å². The molecule has 1 aliphatic carbocycles. The van der Waals surface area contributed by atoms with Gasteiger partial charge in [-0.3, -0.25) is 4.79 Å². The number of nitrogens with one attached hydrogen (secondary N) is 2. The van der Waals surface area contributed by atoms with E-state index in [1.165, 1.54) is 0 Å². The van der Waals surface area contributed by atoms with Crippen molar-refractivity contribution in [3.05, 3.63) is 55.0 Å². The maximum absolute atomic E-state index is 11.7. The van der Waals surface area contributed by atoms with E-state index in [9.17, 15) is 4.79 Å². The van der Waals surface area contributed by atoms with E-state index >= 15 is 0 Å². The van der Waals surface area contributed by atoms with Gasteiger partial charge in [-0.25, -0.2) is 4.98 Å². The molecule has 0 bridgehead atoms. The van der Waals surface area contributed by atoms with Crippen molar-refractivity contribution in [2.45, 2.75) is 43.9 Å². The SMILES string of the molecule is CCC(=O)NC1CCC(Sn2nncc2-c2ccc(-c3ccc4nc[nH]c4c3)cc2)C1. The van der Waals surface area contributed by atoms with Gasteiger partial charge in [0.2, 0.25) is 5.91 Å². The van der Waals surface area contributed by atoms with E-state index in [0.29, 0.717) is 11.7 Å². The van der Waals surface area contributed by atoms with Gasteiger partial charge in [-0.15, -0.1) is 5.10 Å². The molecule has 2 aromatic heterocycles. The molecule has 2 unspecified atom stereocenters. The lowest BCUT2D eigenvalue weighted by atomic mass is 10.0. The Bertz CT molecular complexity index is 1200. The van der Waals surface area contributed by atoms with Crippen LogP contribution >= 0.6 is 11.9 Å². The molecule has 2 heterocycles. The molecule has 2 atom stereocenters. The molecule has 4 aromatic rings. The van der Waals surface area contributed by atoms with Gasteiger partial charge in [-0.2, -0.15) is 4.09 Å². The van der Waals surface area contributed by atoms with E-state index < -0.39 is 0 Å². The summed E-state index contributed by atoms with van der Waals surface area (Å²) >= 11 is 1.70. The van der Waals surface area contributed by atoms with Crippen molar-refractivity contribution < 1.29 is 4.79 Å². The van der Waals surface area contributed by atoms with Crippen LogP contribution in [0.15, 0.2) is 55.0 Å². The summed E-state index contributed by atoms with van der Waals surface area (Å²) in [5.74, 6) is 0.129. The largest absolute Gasteiger partial charge is 0.353 e. The number of carbonyl (C=O) groups is 1. The third kappa shape index (κ3) is 4.20. The highest BCUT2D eigenvalue weighted by Crippen LogP contribution is 2.34. The standard InChI is InChI=1S/C23H24N6OS/c1-2-23(30)27-18-8-9-19(12-18)31-29-22(13-26-28-29)16-5-3-15(4-6-16)17-7-10-20-21(11-17)25-14-24-20/h3-7,10-11,13-14,18-19H,2,8-9,12H2,1H3,(H,24,25)(H,27,30). The van der Waals surface area contributed by atoms with Gasteiger partial charge in [-0.05, 0) is 54.5 Å². The summed E-state index contributed by atoms with van der Waals surface area (Å²) < 4.78 is 1.92. The number of carbonyl (C=O) groups excluding carboxylic acids is 1. The molecule has 1 aliphatic rings. The number of H-pyrrole nitrogens is 1. The lowest BCUT2D eigenvalue weighted by Gasteiger charge is -2.13. The van der Waals surface area contributed by atoms with Crippen molar-refractivity contribution in [3.63, 3.8) is 0 Å². The van der Waals surface area contributed by atoms with Crippen LogP contribution in [0.1, 0.15) is 32.6 Å². The Balaban J connectivity index is 1.29. The summed E-state index contributed by atoms with van der Waals surface area (Å²) in [6.07, 6.45) is 7.10. The van der Waals surface area contributed by atoms with E-state index in [2.05, 4.69) is 62.0 Å².